The van der Waals surface area contributed by atoms with Gasteiger partial charge in [-0.05, 0) is 53.8 Å². The van der Waals surface area contributed by atoms with Gasteiger partial charge in [-0.2, -0.15) is 0 Å². The second kappa shape index (κ2) is 8.39. The highest BCUT2D eigenvalue weighted by molar-refractivity contribution is 5.99. The van der Waals surface area contributed by atoms with E-state index in [2.05, 4.69) is 16.0 Å². The third kappa shape index (κ3) is 4.45. The summed E-state index contributed by atoms with van der Waals surface area (Å²) in [6.07, 6.45) is 1.99. The predicted molar refractivity (Wildman–Crippen MR) is 112 cm³/mol. The van der Waals surface area contributed by atoms with E-state index in [-0.39, 0.29) is 30.9 Å². The number of imide groups is 1. The highest BCUT2D eigenvalue weighted by atomic mass is 19.1. The number of carbonyl (C=O) groups is 3. The van der Waals surface area contributed by atoms with Gasteiger partial charge in [-0.3, -0.25) is 19.7 Å². The summed E-state index contributed by atoms with van der Waals surface area (Å²) in [6, 6.07) is 11.1. The molecule has 1 aliphatic rings. The molecule has 4 amide bonds. The van der Waals surface area contributed by atoms with E-state index in [0.29, 0.717) is 22.0 Å². The van der Waals surface area contributed by atoms with Gasteiger partial charge in [0.05, 0.1) is 0 Å². The van der Waals surface area contributed by atoms with Gasteiger partial charge in [0.2, 0.25) is 11.8 Å². The highest BCUT2D eigenvalue weighted by Crippen LogP contribution is 2.19. The highest BCUT2D eigenvalue weighted by Gasteiger charge is 2.28. The minimum atomic E-state index is -0.738. The molecule has 8 nitrogen and oxygen atoms in total. The molecule has 31 heavy (non-hydrogen) atoms. The van der Waals surface area contributed by atoms with Crippen molar-refractivity contribution >= 4 is 34.3 Å². The van der Waals surface area contributed by atoms with Gasteiger partial charge in [0, 0.05) is 30.2 Å². The molecule has 3 aromatic rings. The van der Waals surface area contributed by atoms with Gasteiger partial charge in [-0.1, -0.05) is 12.1 Å². The lowest BCUT2D eigenvalue weighted by atomic mass is 10.0. The molecule has 1 atom stereocenters. The molecule has 158 valence electrons. The van der Waals surface area contributed by atoms with Crippen LogP contribution in [0.15, 0.2) is 59.5 Å². The number of aromatic nitrogens is 1. The first kappa shape index (κ1) is 20.3. The second-order valence-corrected chi connectivity index (χ2v) is 7.23. The van der Waals surface area contributed by atoms with Crippen molar-refractivity contribution in [2.75, 3.05) is 5.32 Å². The summed E-state index contributed by atoms with van der Waals surface area (Å²) in [5.74, 6) is -1.24. The van der Waals surface area contributed by atoms with E-state index in [4.69, 9.17) is 0 Å². The predicted octanol–water partition coefficient (Wildman–Crippen LogP) is 2.44. The molecular weight excluding hydrogens is 403 g/mol. The number of amides is 4. The van der Waals surface area contributed by atoms with E-state index in [1.54, 1.807) is 30.5 Å². The molecule has 3 N–H and O–H groups in total. The molecular formula is C22H19FN4O4. The first-order chi connectivity index (χ1) is 14.9. The summed E-state index contributed by atoms with van der Waals surface area (Å²) in [6.45, 7) is 0.162. The van der Waals surface area contributed by atoms with Gasteiger partial charge in [-0.25, -0.2) is 9.18 Å². The van der Waals surface area contributed by atoms with Crippen molar-refractivity contribution in [3.63, 3.8) is 0 Å². The Hall–Kier alpha value is -4.01. The van der Waals surface area contributed by atoms with Crippen LogP contribution in [0.5, 0.6) is 0 Å². The van der Waals surface area contributed by atoms with Crippen molar-refractivity contribution in [1.82, 2.24) is 15.2 Å². The number of rotatable bonds is 4. The van der Waals surface area contributed by atoms with Crippen molar-refractivity contribution in [3.05, 3.63) is 76.5 Å². The van der Waals surface area contributed by atoms with Crippen LogP contribution in [0.2, 0.25) is 0 Å². The number of benzene rings is 2. The minimum absolute atomic E-state index is 0.162. The molecule has 1 fully saturated rings. The number of pyridine rings is 1. The molecule has 1 unspecified atom stereocenters. The Bertz CT molecular complexity index is 1240. The quantitative estimate of drug-likeness (QED) is 0.561. The molecule has 0 saturated carbocycles. The Morgan fingerprint density at radius 3 is 2.61 bits per heavy atom. The van der Waals surface area contributed by atoms with Crippen molar-refractivity contribution < 1.29 is 18.8 Å². The lowest BCUT2D eigenvalue weighted by Gasteiger charge is -2.23. The average molecular weight is 422 g/mol. The molecule has 2 aromatic carbocycles. The lowest BCUT2D eigenvalue weighted by Crippen LogP contribution is -2.44. The van der Waals surface area contributed by atoms with Gasteiger partial charge in [-0.15, -0.1) is 0 Å². The Labute approximate surface area is 176 Å². The molecule has 9 heteroatoms. The van der Waals surface area contributed by atoms with Crippen molar-refractivity contribution in [3.8, 4) is 0 Å². The van der Waals surface area contributed by atoms with Gasteiger partial charge in [0.15, 0.2) is 0 Å². The Morgan fingerprint density at radius 1 is 1.10 bits per heavy atom. The van der Waals surface area contributed by atoms with Crippen LogP contribution in [0.25, 0.3) is 10.8 Å². The average Bonchev–Trinajstić information content (AvgIpc) is 2.75. The van der Waals surface area contributed by atoms with Crippen LogP contribution in [0.1, 0.15) is 24.4 Å². The Morgan fingerprint density at radius 2 is 1.87 bits per heavy atom. The topological polar surface area (TPSA) is 109 Å². The van der Waals surface area contributed by atoms with Crippen molar-refractivity contribution in [2.45, 2.75) is 25.4 Å². The number of halogens is 1. The number of urea groups is 1. The summed E-state index contributed by atoms with van der Waals surface area (Å²) < 4.78 is 14.3. The van der Waals surface area contributed by atoms with Crippen LogP contribution >= 0.6 is 0 Å². The zero-order chi connectivity index (χ0) is 22.0. The van der Waals surface area contributed by atoms with E-state index in [9.17, 15) is 23.6 Å². The molecule has 0 radical (unpaired) electrons. The standard InChI is InChI=1S/C22H19FN4O4/c23-15-3-5-16(6-4-15)25-22(31)24-12-13-1-2-14-9-10-27(21(30)17(14)11-13)18-7-8-19(28)26-20(18)29/h1-6,9-11,18H,7-8,12H2,(H2,24,25,31)(H,26,28,29). The third-order valence-corrected chi connectivity index (χ3v) is 5.10. The fraction of sp³-hybridized carbons (Fsp3) is 0.182. The maximum Gasteiger partial charge on any atom is 0.319 e. The number of piperidine rings is 1. The maximum atomic E-state index is 13.0. The maximum absolute atomic E-state index is 13.0. The van der Waals surface area contributed by atoms with Gasteiger partial charge >= 0.3 is 6.03 Å². The SMILES string of the molecule is O=C1CCC(n2ccc3ccc(CNC(=O)Nc4ccc(F)cc4)cc3c2=O)C(=O)N1. The largest absolute Gasteiger partial charge is 0.334 e. The first-order valence-corrected chi connectivity index (χ1v) is 9.68. The normalized spacial score (nSPS) is 16.1. The van der Waals surface area contributed by atoms with Gasteiger partial charge in [0.1, 0.15) is 11.9 Å². The zero-order valence-corrected chi connectivity index (χ0v) is 16.4. The van der Waals surface area contributed by atoms with Crippen LogP contribution in [0, 0.1) is 5.82 Å². The molecule has 0 aliphatic carbocycles. The van der Waals surface area contributed by atoms with Crippen molar-refractivity contribution in [1.29, 1.82) is 0 Å². The number of anilines is 1. The lowest BCUT2D eigenvalue weighted by molar-refractivity contribution is -0.135. The summed E-state index contributed by atoms with van der Waals surface area (Å²) in [5.41, 5.74) is 0.800. The molecule has 1 aromatic heterocycles. The summed E-state index contributed by atoms with van der Waals surface area (Å²) in [5, 5.41) is 8.64. The van der Waals surface area contributed by atoms with Gasteiger partial charge in [0.25, 0.3) is 5.56 Å². The fourth-order valence-corrected chi connectivity index (χ4v) is 3.50. The fourth-order valence-electron chi connectivity index (χ4n) is 3.50. The molecule has 4 rings (SSSR count). The Balaban J connectivity index is 1.50. The number of nitrogens with zero attached hydrogens (tertiary/aromatic N) is 1. The zero-order valence-electron chi connectivity index (χ0n) is 16.4. The van der Waals surface area contributed by atoms with Crippen LogP contribution < -0.4 is 21.5 Å². The first-order valence-electron chi connectivity index (χ1n) is 9.68. The molecule has 0 spiro atoms. The van der Waals surface area contributed by atoms with Gasteiger partial charge < -0.3 is 15.2 Å². The number of hydrogen-bond donors (Lipinski definition) is 3. The van der Waals surface area contributed by atoms with Crippen molar-refractivity contribution in [2.24, 2.45) is 0 Å². The van der Waals surface area contributed by atoms with E-state index in [1.807, 2.05) is 0 Å². The van der Waals surface area contributed by atoms with E-state index in [1.165, 1.54) is 28.8 Å². The van der Waals surface area contributed by atoms with E-state index >= 15 is 0 Å². The minimum Gasteiger partial charge on any atom is -0.334 e. The molecule has 1 aliphatic heterocycles. The van der Waals surface area contributed by atoms with E-state index in [0.717, 1.165) is 0 Å². The number of nitrogens with one attached hydrogen (secondary N) is 3. The van der Waals surface area contributed by atoms with Crippen LogP contribution in [0.4, 0.5) is 14.9 Å². The molecule has 0 bridgehead atoms. The molecule has 2 heterocycles. The number of fused-ring (bicyclic) bond motifs is 1. The second-order valence-electron chi connectivity index (χ2n) is 7.23. The smallest absolute Gasteiger partial charge is 0.319 e. The van der Waals surface area contributed by atoms with Crippen LogP contribution in [0.3, 0.4) is 0 Å². The van der Waals surface area contributed by atoms with E-state index < -0.39 is 23.8 Å². The number of hydrogen-bond acceptors (Lipinski definition) is 4. The summed E-state index contributed by atoms with van der Waals surface area (Å²) in [4.78, 5) is 48.6. The summed E-state index contributed by atoms with van der Waals surface area (Å²) >= 11 is 0. The van der Waals surface area contributed by atoms with Crippen LogP contribution in [-0.2, 0) is 16.1 Å². The monoisotopic (exact) mass is 422 g/mol. The summed E-state index contributed by atoms with van der Waals surface area (Å²) in [7, 11) is 0. The van der Waals surface area contributed by atoms with Crippen LogP contribution in [-0.4, -0.2) is 22.4 Å². The number of carbonyl (C=O) groups excluding carboxylic acids is 3. The Kier molecular flexibility index (Phi) is 5.48. The molecule has 1 saturated heterocycles. The third-order valence-electron chi connectivity index (χ3n) is 5.10.